The third-order valence-electron chi connectivity index (χ3n) is 4.10. The Bertz CT molecular complexity index is 167. The third-order valence-corrected chi connectivity index (χ3v) is 4.10. The molecule has 1 aliphatic carbocycles. The van der Waals surface area contributed by atoms with Gasteiger partial charge >= 0.3 is 0 Å². The summed E-state index contributed by atoms with van der Waals surface area (Å²) in [7, 11) is 0. The molecule has 84 valence electrons. The Morgan fingerprint density at radius 1 is 1.50 bits per heavy atom. The van der Waals surface area contributed by atoms with Crippen molar-refractivity contribution in [2.45, 2.75) is 59.3 Å². The zero-order valence-corrected chi connectivity index (χ0v) is 10.2. The maximum atomic E-state index is 6.00. The molecule has 1 nitrogen and oxygen atoms in total. The van der Waals surface area contributed by atoms with Crippen molar-refractivity contribution in [3.63, 3.8) is 0 Å². The van der Waals surface area contributed by atoms with Crippen LogP contribution in [0.2, 0.25) is 0 Å². The minimum atomic E-state index is 0.493. The van der Waals surface area contributed by atoms with Crippen molar-refractivity contribution in [3.8, 4) is 0 Å². The monoisotopic (exact) mass is 197 g/mol. The standard InChI is InChI=1S/C13H27N/c1-4-11(2)8-13(10-14)7-5-6-12(3)9-13/h11-12H,4-10,14H2,1-3H3. The molecule has 2 N–H and O–H groups in total. The second kappa shape index (κ2) is 5.16. The summed E-state index contributed by atoms with van der Waals surface area (Å²) in [6, 6.07) is 0. The van der Waals surface area contributed by atoms with Crippen LogP contribution in [0.15, 0.2) is 0 Å². The first-order valence-corrected chi connectivity index (χ1v) is 6.32. The van der Waals surface area contributed by atoms with Crippen molar-refractivity contribution in [3.05, 3.63) is 0 Å². The fourth-order valence-corrected chi connectivity index (χ4v) is 3.11. The SMILES string of the molecule is CCC(C)CC1(CN)CCCC(C)C1. The third kappa shape index (κ3) is 2.98. The van der Waals surface area contributed by atoms with E-state index in [9.17, 15) is 0 Å². The molecule has 3 atom stereocenters. The van der Waals surface area contributed by atoms with E-state index in [-0.39, 0.29) is 0 Å². The van der Waals surface area contributed by atoms with Crippen LogP contribution in [0.3, 0.4) is 0 Å². The Kier molecular flexibility index (Phi) is 4.43. The quantitative estimate of drug-likeness (QED) is 0.732. The molecule has 1 rings (SSSR count). The highest BCUT2D eigenvalue weighted by Gasteiger charge is 2.34. The molecule has 1 fully saturated rings. The molecular formula is C13H27N. The summed E-state index contributed by atoms with van der Waals surface area (Å²) < 4.78 is 0. The lowest BCUT2D eigenvalue weighted by atomic mass is 9.66. The molecule has 0 radical (unpaired) electrons. The summed E-state index contributed by atoms with van der Waals surface area (Å²) in [5.41, 5.74) is 6.50. The van der Waals surface area contributed by atoms with E-state index in [4.69, 9.17) is 5.73 Å². The van der Waals surface area contributed by atoms with Crippen LogP contribution in [-0.2, 0) is 0 Å². The van der Waals surface area contributed by atoms with Crippen molar-refractivity contribution < 1.29 is 0 Å². The van der Waals surface area contributed by atoms with Gasteiger partial charge in [-0.2, -0.15) is 0 Å². The van der Waals surface area contributed by atoms with E-state index in [2.05, 4.69) is 20.8 Å². The molecule has 0 aromatic carbocycles. The van der Waals surface area contributed by atoms with E-state index in [0.717, 1.165) is 18.4 Å². The largest absolute Gasteiger partial charge is 0.330 e. The van der Waals surface area contributed by atoms with Crippen molar-refractivity contribution in [2.24, 2.45) is 23.0 Å². The molecule has 0 saturated heterocycles. The number of hydrogen-bond acceptors (Lipinski definition) is 1. The molecule has 0 amide bonds. The van der Waals surface area contributed by atoms with Crippen molar-refractivity contribution in [1.82, 2.24) is 0 Å². The van der Waals surface area contributed by atoms with E-state index >= 15 is 0 Å². The highest BCUT2D eigenvalue weighted by molar-refractivity contribution is 4.87. The van der Waals surface area contributed by atoms with Gasteiger partial charge in [0.25, 0.3) is 0 Å². The van der Waals surface area contributed by atoms with Gasteiger partial charge in [-0.15, -0.1) is 0 Å². The van der Waals surface area contributed by atoms with E-state index < -0.39 is 0 Å². The molecule has 1 saturated carbocycles. The molecule has 0 spiro atoms. The minimum absolute atomic E-state index is 0.493. The smallest absolute Gasteiger partial charge is 0.00203 e. The predicted octanol–water partition coefficient (Wildman–Crippen LogP) is 3.58. The van der Waals surface area contributed by atoms with Crippen LogP contribution < -0.4 is 5.73 Å². The Morgan fingerprint density at radius 3 is 2.71 bits per heavy atom. The summed E-state index contributed by atoms with van der Waals surface area (Å²) in [4.78, 5) is 0. The Morgan fingerprint density at radius 2 is 2.21 bits per heavy atom. The van der Waals surface area contributed by atoms with E-state index in [1.165, 1.54) is 38.5 Å². The zero-order chi connectivity index (χ0) is 10.6. The second-order valence-electron chi connectivity index (χ2n) is 5.62. The van der Waals surface area contributed by atoms with Crippen molar-refractivity contribution in [1.29, 1.82) is 0 Å². The van der Waals surface area contributed by atoms with Crippen LogP contribution >= 0.6 is 0 Å². The summed E-state index contributed by atoms with van der Waals surface area (Å²) in [5, 5.41) is 0. The highest BCUT2D eigenvalue weighted by atomic mass is 14.6. The molecule has 0 heterocycles. The first-order chi connectivity index (χ1) is 6.62. The maximum Gasteiger partial charge on any atom is -0.00203 e. The normalized spacial score (nSPS) is 35.6. The van der Waals surface area contributed by atoms with Gasteiger partial charge in [0, 0.05) is 0 Å². The first-order valence-electron chi connectivity index (χ1n) is 6.32. The molecule has 14 heavy (non-hydrogen) atoms. The fraction of sp³-hybridized carbons (Fsp3) is 1.00. The molecule has 0 aliphatic heterocycles. The van der Waals surface area contributed by atoms with Gasteiger partial charge < -0.3 is 5.73 Å². The van der Waals surface area contributed by atoms with Crippen LogP contribution in [0.5, 0.6) is 0 Å². The van der Waals surface area contributed by atoms with Crippen molar-refractivity contribution in [2.75, 3.05) is 6.54 Å². The number of nitrogens with two attached hydrogens (primary N) is 1. The van der Waals surface area contributed by atoms with Crippen LogP contribution in [0.1, 0.15) is 59.3 Å². The Labute approximate surface area is 89.5 Å². The summed E-state index contributed by atoms with van der Waals surface area (Å²) >= 11 is 0. The van der Waals surface area contributed by atoms with Crippen LogP contribution in [0, 0.1) is 17.3 Å². The first kappa shape index (κ1) is 12.0. The van der Waals surface area contributed by atoms with Crippen molar-refractivity contribution >= 4 is 0 Å². The lowest BCUT2D eigenvalue weighted by Crippen LogP contribution is -2.36. The van der Waals surface area contributed by atoms with E-state index in [1.807, 2.05) is 0 Å². The van der Waals surface area contributed by atoms with Gasteiger partial charge in [0.2, 0.25) is 0 Å². The van der Waals surface area contributed by atoms with Gasteiger partial charge in [-0.25, -0.2) is 0 Å². The van der Waals surface area contributed by atoms with Gasteiger partial charge in [0.1, 0.15) is 0 Å². The maximum absolute atomic E-state index is 6.00. The lowest BCUT2D eigenvalue weighted by Gasteiger charge is -2.41. The van der Waals surface area contributed by atoms with E-state index in [1.54, 1.807) is 0 Å². The average Bonchev–Trinajstić information content (AvgIpc) is 2.17. The molecule has 1 aliphatic rings. The van der Waals surface area contributed by atoms with Crippen LogP contribution in [0.4, 0.5) is 0 Å². The second-order valence-corrected chi connectivity index (χ2v) is 5.62. The Hall–Kier alpha value is -0.0400. The average molecular weight is 197 g/mol. The van der Waals surface area contributed by atoms with Crippen LogP contribution in [0.25, 0.3) is 0 Å². The molecule has 1 heteroatoms. The number of hydrogen-bond donors (Lipinski definition) is 1. The van der Waals surface area contributed by atoms with E-state index in [0.29, 0.717) is 5.41 Å². The van der Waals surface area contributed by atoms with Gasteiger partial charge in [0.05, 0.1) is 0 Å². The molecular weight excluding hydrogens is 170 g/mol. The minimum Gasteiger partial charge on any atom is -0.330 e. The van der Waals surface area contributed by atoms with Gasteiger partial charge in [-0.1, -0.05) is 40.0 Å². The van der Waals surface area contributed by atoms with Crippen LogP contribution in [-0.4, -0.2) is 6.54 Å². The molecule has 0 bridgehead atoms. The fourth-order valence-electron chi connectivity index (χ4n) is 3.11. The molecule has 0 aromatic rings. The molecule has 0 aromatic heterocycles. The summed E-state index contributed by atoms with van der Waals surface area (Å²) in [5.74, 6) is 1.75. The predicted molar refractivity (Wildman–Crippen MR) is 63.2 cm³/mol. The summed E-state index contributed by atoms with van der Waals surface area (Å²) in [6.07, 6.45) is 8.21. The highest BCUT2D eigenvalue weighted by Crippen LogP contribution is 2.43. The topological polar surface area (TPSA) is 26.0 Å². The van der Waals surface area contributed by atoms with Gasteiger partial charge in [-0.05, 0) is 43.1 Å². The Balaban J connectivity index is 2.55. The summed E-state index contributed by atoms with van der Waals surface area (Å²) in [6.45, 7) is 7.96. The zero-order valence-electron chi connectivity index (χ0n) is 10.2. The molecule has 3 unspecified atom stereocenters. The van der Waals surface area contributed by atoms with Gasteiger partial charge in [0.15, 0.2) is 0 Å². The number of rotatable bonds is 4. The van der Waals surface area contributed by atoms with Gasteiger partial charge in [-0.3, -0.25) is 0 Å². The lowest BCUT2D eigenvalue weighted by molar-refractivity contribution is 0.119.